The van der Waals surface area contributed by atoms with E-state index in [1.54, 1.807) is 0 Å². The van der Waals surface area contributed by atoms with Crippen molar-refractivity contribution in [1.29, 1.82) is 0 Å². The lowest BCUT2D eigenvalue weighted by molar-refractivity contribution is 0.110. The SMILES string of the molecule is [CH]1CC2C3C=CC(O3)C12. The Morgan fingerprint density at radius 3 is 2.56 bits per heavy atom. The molecule has 2 aliphatic heterocycles. The normalized spacial score (nSPS) is 59.6. The minimum absolute atomic E-state index is 0.466. The van der Waals surface area contributed by atoms with E-state index in [4.69, 9.17) is 4.74 Å². The summed E-state index contributed by atoms with van der Waals surface area (Å²) in [5.41, 5.74) is 0. The van der Waals surface area contributed by atoms with Gasteiger partial charge in [-0.1, -0.05) is 12.2 Å². The van der Waals surface area contributed by atoms with E-state index >= 15 is 0 Å². The Morgan fingerprint density at radius 1 is 1.22 bits per heavy atom. The summed E-state index contributed by atoms with van der Waals surface area (Å²) in [7, 11) is 0. The van der Waals surface area contributed by atoms with Gasteiger partial charge in [-0.3, -0.25) is 0 Å². The maximum atomic E-state index is 5.62. The molecule has 2 fully saturated rings. The first-order valence-electron chi connectivity index (χ1n) is 3.62. The number of rotatable bonds is 0. The van der Waals surface area contributed by atoms with Gasteiger partial charge in [-0.15, -0.1) is 0 Å². The zero-order chi connectivity index (χ0) is 5.84. The molecule has 47 valence electrons. The quantitative estimate of drug-likeness (QED) is 0.437. The second-order valence-electron chi connectivity index (χ2n) is 3.16. The molecule has 1 aliphatic carbocycles. The van der Waals surface area contributed by atoms with Crippen molar-refractivity contribution in [1.82, 2.24) is 0 Å². The number of fused-ring (bicyclic) bond motifs is 5. The Bertz CT molecular complexity index is 155. The Hall–Kier alpha value is -0.300. The molecule has 1 heteroatoms. The third-order valence-corrected chi connectivity index (χ3v) is 2.78. The molecule has 3 rings (SSSR count). The smallest absolute Gasteiger partial charge is 0.0799 e. The van der Waals surface area contributed by atoms with Crippen molar-refractivity contribution in [2.45, 2.75) is 18.6 Å². The first-order valence-corrected chi connectivity index (χ1v) is 3.62. The lowest BCUT2D eigenvalue weighted by Gasteiger charge is -2.33. The van der Waals surface area contributed by atoms with E-state index in [1.165, 1.54) is 6.42 Å². The molecule has 2 heterocycles. The summed E-state index contributed by atoms with van der Waals surface area (Å²) in [5.74, 6) is 1.65. The maximum absolute atomic E-state index is 5.62. The molecular formula is C8H9O. The zero-order valence-electron chi connectivity index (χ0n) is 5.16. The van der Waals surface area contributed by atoms with Crippen molar-refractivity contribution in [3.05, 3.63) is 18.6 Å². The lowest BCUT2D eigenvalue weighted by atomic mass is 9.68. The Balaban J connectivity index is 2.03. The van der Waals surface area contributed by atoms with Crippen LogP contribution in [-0.4, -0.2) is 12.2 Å². The van der Waals surface area contributed by atoms with Gasteiger partial charge in [0, 0.05) is 0 Å². The number of hydrogen-bond donors (Lipinski definition) is 0. The van der Waals surface area contributed by atoms with E-state index in [0.717, 1.165) is 11.8 Å². The van der Waals surface area contributed by atoms with Crippen LogP contribution in [0.15, 0.2) is 12.2 Å². The highest BCUT2D eigenvalue weighted by atomic mass is 16.5. The summed E-state index contributed by atoms with van der Waals surface area (Å²) in [6, 6.07) is 0. The second-order valence-corrected chi connectivity index (χ2v) is 3.16. The van der Waals surface area contributed by atoms with Crippen molar-refractivity contribution in [3.8, 4) is 0 Å². The van der Waals surface area contributed by atoms with Crippen molar-refractivity contribution in [2.24, 2.45) is 11.8 Å². The molecule has 0 N–H and O–H groups in total. The fraction of sp³-hybridized carbons (Fsp3) is 0.625. The summed E-state index contributed by atoms with van der Waals surface area (Å²) in [5, 5.41) is 0. The van der Waals surface area contributed by atoms with Crippen LogP contribution in [0.5, 0.6) is 0 Å². The Morgan fingerprint density at radius 2 is 2.11 bits per heavy atom. The fourth-order valence-corrected chi connectivity index (χ4v) is 2.14. The van der Waals surface area contributed by atoms with E-state index in [0.29, 0.717) is 12.2 Å². The van der Waals surface area contributed by atoms with Gasteiger partial charge in [-0.05, 0) is 24.7 Å². The Kier molecular flexibility index (Phi) is 0.620. The van der Waals surface area contributed by atoms with Gasteiger partial charge in [0.1, 0.15) is 0 Å². The summed E-state index contributed by atoms with van der Waals surface area (Å²) in [6.45, 7) is 0. The predicted octanol–water partition coefficient (Wildman–Crippen LogP) is 1.16. The van der Waals surface area contributed by atoms with Crippen LogP contribution in [0.2, 0.25) is 0 Å². The van der Waals surface area contributed by atoms with E-state index < -0.39 is 0 Å². The number of ether oxygens (including phenoxy) is 1. The average molecular weight is 121 g/mol. The predicted molar refractivity (Wildman–Crippen MR) is 33.7 cm³/mol. The van der Waals surface area contributed by atoms with Gasteiger partial charge in [-0.2, -0.15) is 0 Å². The van der Waals surface area contributed by atoms with Crippen LogP contribution < -0.4 is 0 Å². The highest BCUT2D eigenvalue weighted by molar-refractivity contribution is 5.22. The molecule has 1 nitrogen and oxygen atoms in total. The summed E-state index contributed by atoms with van der Waals surface area (Å²) < 4.78 is 5.62. The lowest BCUT2D eigenvalue weighted by Crippen LogP contribution is -2.33. The minimum atomic E-state index is 0.466. The van der Waals surface area contributed by atoms with Crippen molar-refractivity contribution >= 4 is 0 Å². The van der Waals surface area contributed by atoms with Crippen LogP contribution in [0.1, 0.15) is 6.42 Å². The third-order valence-electron chi connectivity index (χ3n) is 2.78. The molecule has 0 aromatic heterocycles. The topological polar surface area (TPSA) is 9.23 Å². The molecule has 1 saturated carbocycles. The van der Waals surface area contributed by atoms with Crippen molar-refractivity contribution in [2.75, 3.05) is 0 Å². The zero-order valence-corrected chi connectivity index (χ0v) is 5.16. The summed E-state index contributed by atoms with van der Waals surface area (Å²) >= 11 is 0. The first kappa shape index (κ1) is 4.51. The van der Waals surface area contributed by atoms with Gasteiger partial charge < -0.3 is 4.74 Å². The fourth-order valence-electron chi connectivity index (χ4n) is 2.14. The van der Waals surface area contributed by atoms with Gasteiger partial charge in [0.15, 0.2) is 0 Å². The van der Waals surface area contributed by atoms with E-state index in [2.05, 4.69) is 18.6 Å². The molecule has 9 heavy (non-hydrogen) atoms. The highest BCUT2D eigenvalue weighted by Gasteiger charge is 2.50. The standard InChI is InChI=1S/C8H9O/c1-2-6-5(1)7-3-4-8(6)9-7/h1,3-8H,2H2. The molecule has 4 unspecified atom stereocenters. The maximum Gasteiger partial charge on any atom is 0.0799 e. The third kappa shape index (κ3) is 0.379. The van der Waals surface area contributed by atoms with Crippen LogP contribution in [0.3, 0.4) is 0 Å². The summed E-state index contributed by atoms with van der Waals surface area (Å²) in [4.78, 5) is 0. The first-order chi connectivity index (χ1) is 4.45. The largest absolute Gasteiger partial charge is 0.366 e. The molecular weight excluding hydrogens is 112 g/mol. The van der Waals surface area contributed by atoms with E-state index in [1.807, 2.05) is 0 Å². The van der Waals surface area contributed by atoms with Crippen LogP contribution in [0, 0.1) is 18.3 Å². The monoisotopic (exact) mass is 121 g/mol. The molecule has 1 saturated heterocycles. The van der Waals surface area contributed by atoms with Gasteiger partial charge >= 0.3 is 0 Å². The number of hydrogen-bond acceptors (Lipinski definition) is 1. The average Bonchev–Trinajstić information content (AvgIpc) is 2.18. The van der Waals surface area contributed by atoms with Crippen LogP contribution in [0.25, 0.3) is 0 Å². The molecule has 0 spiro atoms. The molecule has 4 atom stereocenters. The second kappa shape index (κ2) is 1.24. The molecule has 0 aromatic carbocycles. The van der Waals surface area contributed by atoms with E-state index in [9.17, 15) is 0 Å². The van der Waals surface area contributed by atoms with Gasteiger partial charge in [0.25, 0.3) is 0 Å². The van der Waals surface area contributed by atoms with Crippen LogP contribution in [0.4, 0.5) is 0 Å². The molecule has 0 amide bonds. The highest BCUT2D eigenvalue weighted by Crippen LogP contribution is 2.50. The Labute approximate surface area is 54.7 Å². The summed E-state index contributed by atoms with van der Waals surface area (Å²) in [6.07, 6.45) is 9.06. The molecule has 0 aromatic rings. The van der Waals surface area contributed by atoms with Gasteiger partial charge in [-0.25, -0.2) is 0 Å². The molecule has 2 bridgehead atoms. The minimum Gasteiger partial charge on any atom is -0.366 e. The van der Waals surface area contributed by atoms with Crippen molar-refractivity contribution in [3.63, 3.8) is 0 Å². The van der Waals surface area contributed by atoms with Gasteiger partial charge in [0.05, 0.1) is 12.2 Å². The molecule has 1 radical (unpaired) electrons. The molecule has 3 aliphatic rings. The van der Waals surface area contributed by atoms with Crippen molar-refractivity contribution < 1.29 is 4.74 Å². The van der Waals surface area contributed by atoms with Gasteiger partial charge in [0.2, 0.25) is 0 Å². The van der Waals surface area contributed by atoms with Crippen LogP contribution >= 0.6 is 0 Å². The van der Waals surface area contributed by atoms with E-state index in [-0.39, 0.29) is 0 Å². The van der Waals surface area contributed by atoms with Crippen LogP contribution in [-0.2, 0) is 4.74 Å².